The molecule has 0 fully saturated rings. The average Bonchev–Trinajstić information content (AvgIpc) is 3.08. The Morgan fingerprint density at radius 3 is 2.61 bits per heavy atom. The number of hydrogen-bond acceptors (Lipinski definition) is 8. The first-order valence-corrected chi connectivity index (χ1v) is 11.9. The Morgan fingerprint density at radius 1 is 1.19 bits per heavy atom. The van der Waals surface area contributed by atoms with E-state index in [1.54, 1.807) is 36.9 Å². The molecule has 1 heterocycles. The first-order chi connectivity index (χ1) is 14.9. The number of benzene rings is 2. The molecule has 0 saturated carbocycles. The molecule has 31 heavy (non-hydrogen) atoms. The van der Waals surface area contributed by atoms with E-state index in [0.29, 0.717) is 23.9 Å². The van der Waals surface area contributed by atoms with Crippen molar-refractivity contribution >= 4 is 74.7 Å². The highest BCUT2D eigenvalue weighted by molar-refractivity contribution is 7.99. The maximum absolute atomic E-state index is 12.9. The van der Waals surface area contributed by atoms with E-state index in [-0.39, 0.29) is 38.1 Å². The molecule has 0 atom stereocenters. The minimum Gasteiger partial charge on any atom is -0.466 e. The second-order valence-electron chi connectivity index (χ2n) is 6.22. The quantitative estimate of drug-likeness (QED) is 0.212. The Kier molecular flexibility index (Phi) is 8.20. The third-order valence-electron chi connectivity index (χ3n) is 4.01. The minimum atomic E-state index is -0.373. The molecule has 2 aromatic carbocycles. The Bertz CT molecular complexity index is 1080. The fourth-order valence-corrected chi connectivity index (χ4v) is 4.96. The number of rotatable bonds is 9. The number of esters is 1. The Balaban J connectivity index is 1.70. The van der Waals surface area contributed by atoms with Crippen molar-refractivity contribution in [1.82, 2.24) is 4.98 Å². The van der Waals surface area contributed by atoms with Crippen LogP contribution in [0.25, 0.3) is 0 Å². The van der Waals surface area contributed by atoms with Crippen LogP contribution < -0.4 is 11.1 Å². The van der Waals surface area contributed by atoms with Gasteiger partial charge in [0.25, 0.3) is 0 Å². The number of carbonyl (C=O) groups excluding carboxylic acids is 2. The molecule has 0 unspecified atom stereocenters. The lowest BCUT2D eigenvalue weighted by Gasteiger charge is -2.06. The summed E-state index contributed by atoms with van der Waals surface area (Å²) in [5, 5.41) is 4.15. The van der Waals surface area contributed by atoms with Crippen LogP contribution in [0.5, 0.6) is 0 Å². The number of carbonyl (C=O) groups is 2. The summed E-state index contributed by atoms with van der Waals surface area (Å²) in [6.07, 6.45) is 0.343. The van der Waals surface area contributed by atoms with Gasteiger partial charge in [0, 0.05) is 16.3 Å². The summed E-state index contributed by atoms with van der Waals surface area (Å²) < 4.78 is 4.93. The molecular formula is C21H19Cl2N3O3S2. The van der Waals surface area contributed by atoms with Crippen molar-refractivity contribution in [3.8, 4) is 0 Å². The number of hydrogen-bond donors (Lipinski definition) is 2. The predicted octanol–water partition coefficient (Wildman–Crippen LogP) is 6.05. The van der Waals surface area contributed by atoms with Gasteiger partial charge in [-0.25, -0.2) is 4.98 Å². The highest BCUT2D eigenvalue weighted by Crippen LogP contribution is 2.34. The third kappa shape index (κ3) is 6.13. The van der Waals surface area contributed by atoms with Gasteiger partial charge in [-0.3, -0.25) is 9.59 Å². The molecular weight excluding hydrogens is 477 g/mol. The molecule has 1 aromatic heterocycles. The Hall–Kier alpha value is -2.26. The van der Waals surface area contributed by atoms with Gasteiger partial charge in [-0.1, -0.05) is 46.7 Å². The van der Waals surface area contributed by atoms with Gasteiger partial charge in [-0.2, -0.15) is 0 Å². The van der Waals surface area contributed by atoms with Gasteiger partial charge >= 0.3 is 5.97 Å². The molecule has 3 aromatic rings. The number of nitrogens with one attached hydrogen (secondary N) is 1. The van der Waals surface area contributed by atoms with Crippen molar-refractivity contribution in [1.29, 1.82) is 0 Å². The van der Waals surface area contributed by atoms with E-state index in [0.717, 1.165) is 21.9 Å². The van der Waals surface area contributed by atoms with E-state index in [4.69, 9.17) is 33.7 Å². The molecule has 0 aliphatic heterocycles. The molecule has 0 spiro atoms. The summed E-state index contributed by atoms with van der Waals surface area (Å²) in [5.74, 6) is 0.137. The fourth-order valence-electron chi connectivity index (χ4n) is 2.65. The Labute approximate surface area is 198 Å². The number of nitrogen functional groups attached to an aromatic ring is 1. The summed E-state index contributed by atoms with van der Waals surface area (Å²) in [6, 6.07) is 12.5. The SMILES string of the molecule is CCOC(=O)CCSc1cccc(Nc2nc(N)c(C(=O)c3c(Cl)cccc3Cl)s2)c1. The first-order valence-electron chi connectivity index (χ1n) is 9.29. The highest BCUT2D eigenvalue weighted by Gasteiger charge is 2.22. The van der Waals surface area contributed by atoms with Crippen LogP contribution in [-0.2, 0) is 9.53 Å². The summed E-state index contributed by atoms with van der Waals surface area (Å²) in [5.41, 5.74) is 6.97. The minimum absolute atomic E-state index is 0.105. The number of nitrogens with zero attached hydrogens (tertiary/aromatic N) is 1. The highest BCUT2D eigenvalue weighted by atomic mass is 35.5. The number of nitrogens with two attached hydrogens (primary N) is 1. The zero-order valence-corrected chi connectivity index (χ0v) is 19.6. The van der Waals surface area contributed by atoms with E-state index < -0.39 is 0 Å². The van der Waals surface area contributed by atoms with Gasteiger partial charge in [0.1, 0.15) is 10.7 Å². The fraction of sp³-hybridized carbons (Fsp3) is 0.190. The van der Waals surface area contributed by atoms with Gasteiger partial charge in [0.2, 0.25) is 5.78 Å². The second-order valence-corrected chi connectivity index (χ2v) is 9.20. The number of anilines is 3. The monoisotopic (exact) mass is 495 g/mol. The van der Waals surface area contributed by atoms with Gasteiger partial charge in [-0.15, -0.1) is 11.8 Å². The van der Waals surface area contributed by atoms with Gasteiger partial charge in [0.05, 0.1) is 28.6 Å². The molecule has 162 valence electrons. The van der Waals surface area contributed by atoms with Crippen LogP contribution in [0.15, 0.2) is 47.4 Å². The zero-order chi connectivity index (χ0) is 22.4. The number of ketones is 1. The number of aromatic nitrogens is 1. The van der Waals surface area contributed by atoms with E-state index >= 15 is 0 Å². The zero-order valence-electron chi connectivity index (χ0n) is 16.5. The first kappa shape index (κ1) is 23.4. The molecule has 0 saturated heterocycles. The maximum atomic E-state index is 12.9. The molecule has 3 N–H and O–H groups in total. The summed E-state index contributed by atoms with van der Waals surface area (Å²) in [6.45, 7) is 2.17. The standard InChI is InChI=1S/C21H19Cl2N3O3S2/c1-2-29-16(27)9-10-30-13-6-3-5-12(11-13)25-21-26-20(24)19(31-21)18(28)17-14(22)7-4-8-15(17)23/h3-8,11H,2,9-10,24H2,1H3,(H,25,26). The van der Waals surface area contributed by atoms with Crippen molar-refractivity contribution in [2.24, 2.45) is 0 Å². The van der Waals surface area contributed by atoms with Crippen molar-refractivity contribution in [2.45, 2.75) is 18.2 Å². The van der Waals surface area contributed by atoms with Crippen LogP contribution in [0.3, 0.4) is 0 Å². The number of thiazole rings is 1. The predicted molar refractivity (Wildman–Crippen MR) is 128 cm³/mol. The van der Waals surface area contributed by atoms with Gasteiger partial charge in [0.15, 0.2) is 5.13 Å². The van der Waals surface area contributed by atoms with Crippen molar-refractivity contribution in [3.63, 3.8) is 0 Å². The lowest BCUT2D eigenvalue weighted by molar-refractivity contribution is -0.142. The molecule has 0 bridgehead atoms. The lowest BCUT2D eigenvalue weighted by Crippen LogP contribution is -2.04. The van der Waals surface area contributed by atoms with Crippen LogP contribution in [0.2, 0.25) is 10.0 Å². The molecule has 3 rings (SSSR count). The van der Waals surface area contributed by atoms with Crippen LogP contribution in [-0.4, -0.2) is 29.1 Å². The molecule has 10 heteroatoms. The number of thioether (sulfide) groups is 1. The van der Waals surface area contributed by atoms with E-state index in [2.05, 4.69) is 10.3 Å². The maximum Gasteiger partial charge on any atom is 0.306 e. The molecule has 6 nitrogen and oxygen atoms in total. The van der Waals surface area contributed by atoms with E-state index in [9.17, 15) is 9.59 Å². The van der Waals surface area contributed by atoms with E-state index in [1.807, 2.05) is 24.3 Å². The van der Waals surface area contributed by atoms with Crippen LogP contribution in [0, 0.1) is 0 Å². The summed E-state index contributed by atoms with van der Waals surface area (Å²) >= 11 is 15.0. The van der Waals surface area contributed by atoms with Crippen molar-refractivity contribution in [2.75, 3.05) is 23.4 Å². The lowest BCUT2D eigenvalue weighted by atomic mass is 10.1. The molecule has 0 radical (unpaired) electrons. The van der Waals surface area contributed by atoms with E-state index in [1.165, 1.54) is 0 Å². The average molecular weight is 496 g/mol. The van der Waals surface area contributed by atoms with Crippen molar-refractivity contribution < 1.29 is 14.3 Å². The second kappa shape index (κ2) is 10.9. The molecule has 0 aliphatic carbocycles. The topological polar surface area (TPSA) is 94.3 Å². The number of halogens is 2. The molecule has 0 aliphatic rings. The summed E-state index contributed by atoms with van der Waals surface area (Å²) in [4.78, 5) is 29.9. The third-order valence-corrected chi connectivity index (χ3v) is 6.63. The largest absolute Gasteiger partial charge is 0.466 e. The van der Waals surface area contributed by atoms with Crippen LogP contribution in [0.1, 0.15) is 28.6 Å². The normalized spacial score (nSPS) is 10.7. The summed E-state index contributed by atoms with van der Waals surface area (Å²) in [7, 11) is 0. The van der Waals surface area contributed by atoms with Crippen LogP contribution in [0.4, 0.5) is 16.6 Å². The Morgan fingerprint density at radius 2 is 1.90 bits per heavy atom. The van der Waals surface area contributed by atoms with Crippen LogP contribution >= 0.6 is 46.3 Å². The smallest absolute Gasteiger partial charge is 0.306 e. The number of ether oxygens (including phenoxy) is 1. The van der Waals surface area contributed by atoms with Crippen molar-refractivity contribution in [3.05, 3.63) is 63.0 Å². The molecule has 0 amide bonds. The van der Waals surface area contributed by atoms with Gasteiger partial charge in [-0.05, 0) is 37.3 Å². The van der Waals surface area contributed by atoms with Gasteiger partial charge < -0.3 is 15.8 Å².